The summed E-state index contributed by atoms with van der Waals surface area (Å²) in [6.45, 7) is 5.52. The summed E-state index contributed by atoms with van der Waals surface area (Å²) < 4.78 is 10.8. The third-order valence-electron chi connectivity index (χ3n) is 4.03. The highest BCUT2D eigenvalue weighted by atomic mass is 16.5. The number of fused-ring (bicyclic) bond motifs is 1. The molecule has 0 radical (unpaired) electrons. The molecule has 2 heterocycles. The number of nitrogens with one attached hydrogen (secondary N) is 1. The Bertz CT molecular complexity index is 931. The Morgan fingerprint density at radius 1 is 1.15 bits per heavy atom. The summed E-state index contributed by atoms with van der Waals surface area (Å²) >= 11 is 0. The van der Waals surface area contributed by atoms with Crippen LogP contribution in [0.5, 0.6) is 11.8 Å². The lowest BCUT2D eigenvalue weighted by molar-refractivity contribution is -0.132. The molecule has 0 amide bonds. The number of esters is 1. The highest BCUT2D eigenvalue weighted by Crippen LogP contribution is 2.28. The summed E-state index contributed by atoms with van der Waals surface area (Å²) in [5.41, 5.74) is 3.42. The second kappa shape index (κ2) is 7.56. The van der Waals surface area contributed by atoms with E-state index in [-0.39, 0.29) is 5.88 Å². The summed E-state index contributed by atoms with van der Waals surface area (Å²) in [5.74, 6) is 0.666. The zero-order valence-corrected chi connectivity index (χ0v) is 15.5. The number of ether oxygens (including phenoxy) is 2. The molecule has 0 saturated heterocycles. The van der Waals surface area contributed by atoms with E-state index in [1.165, 1.54) is 6.92 Å². The largest absolute Gasteiger partial charge is 0.480 e. The maximum atomic E-state index is 11.5. The zero-order chi connectivity index (χ0) is 18.7. The predicted octanol–water partition coefficient (Wildman–Crippen LogP) is 3.68. The Morgan fingerprint density at radius 2 is 1.88 bits per heavy atom. The van der Waals surface area contributed by atoms with Gasteiger partial charge in [-0.05, 0) is 24.0 Å². The first kappa shape index (κ1) is 17.9. The number of nitrogens with zero attached hydrogens (tertiary/aromatic N) is 2. The molecule has 26 heavy (non-hydrogen) atoms. The molecule has 1 N–H and O–H groups in total. The average molecular weight is 353 g/mol. The van der Waals surface area contributed by atoms with Gasteiger partial charge in [0, 0.05) is 30.4 Å². The van der Waals surface area contributed by atoms with Gasteiger partial charge >= 0.3 is 5.97 Å². The van der Waals surface area contributed by atoms with Crippen LogP contribution in [0.25, 0.3) is 10.9 Å². The fourth-order valence-corrected chi connectivity index (χ4v) is 2.94. The Hall–Kier alpha value is -2.89. The number of aromatic amines is 1. The molecule has 0 spiro atoms. The third kappa shape index (κ3) is 3.85. The van der Waals surface area contributed by atoms with Crippen LogP contribution in [0.15, 0.2) is 30.5 Å². The van der Waals surface area contributed by atoms with Gasteiger partial charge in [0.1, 0.15) is 11.4 Å². The van der Waals surface area contributed by atoms with E-state index in [1.54, 1.807) is 7.11 Å². The van der Waals surface area contributed by atoms with Crippen molar-refractivity contribution in [1.82, 2.24) is 15.0 Å². The van der Waals surface area contributed by atoms with E-state index in [0.717, 1.165) is 16.5 Å². The van der Waals surface area contributed by atoms with Gasteiger partial charge in [-0.15, -0.1) is 0 Å². The number of para-hydroxylation sites is 1. The van der Waals surface area contributed by atoms with Gasteiger partial charge in [-0.3, -0.25) is 4.79 Å². The zero-order valence-electron chi connectivity index (χ0n) is 15.5. The van der Waals surface area contributed by atoms with E-state index in [4.69, 9.17) is 9.47 Å². The summed E-state index contributed by atoms with van der Waals surface area (Å²) in [7, 11) is 1.58. The van der Waals surface area contributed by atoms with Crippen LogP contribution in [-0.2, 0) is 17.6 Å². The smallest absolute Gasteiger partial charge is 0.309 e. The van der Waals surface area contributed by atoms with Crippen molar-refractivity contribution in [3.63, 3.8) is 0 Å². The normalized spacial score (nSPS) is 11.1. The van der Waals surface area contributed by atoms with E-state index in [0.29, 0.717) is 36.0 Å². The number of hydrogen-bond donors (Lipinski definition) is 1. The molecule has 136 valence electrons. The van der Waals surface area contributed by atoms with Crippen molar-refractivity contribution in [2.45, 2.75) is 33.6 Å². The second-order valence-electron chi connectivity index (χ2n) is 6.66. The van der Waals surface area contributed by atoms with Crippen molar-refractivity contribution in [2.24, 2.45) is 5.92 Å². The van der Waals surface area contributed by atoms with Crippen LogP contribution < -0.4 is 9.47 Å². The Kier molecular flexibility index (Phi) is 5.21. The van der Waals surface area contributed by atoms with Gasteiger partial charge in [-0.1, -0.05) is 32.0 Å². The number of rotatable bonds is 6. The van der Waals surface area contributed by atoms with Crippen LogP contribution in [0.2, 0.25) is 0 Å². The number of hydrogen-bond acceptors (Lipinski definition) is 5. The monoisotopic (exact) mass is 353 g/mol. The quantitative estimate of drug-likeness (QED) is 0.684. The number of carbonyl (C=O) groups is 1. The molecule has 0 aliphatic rings. The maximum absolute atomic E-state index is 11.5. The molecular formula is C20H23N3O3. The highest BCUT2D eigenvalue weighted by Gasteiger charge is 2.19. The lowest BCUT2D eigenvalue weighted by Gasteiger charge is -2.14. The molecule has 2 aromatic heterocycles. The number of benzene rings is 1. The van der Waals surface area contributed by atoms with Crippen molar-refractivity contribution in [3.05, 3.63) is 47.4 Å². The Morgan fingerprint density at radius 3 is 2.58 bits per heavy atom. The maximum Gasteiger partial charge on any atom is 0.309 e. The van der Waals surface area contributed by atoms with Crippen LogP contribution >= 0.6 is 0 Å². The number of carbonyl (C=O) groups excluding carboxylic acids is 1. The van der Waals surface area contributed by atoms with Gasteiger partial charge in [0.25, 0.3) is 0 Å². The lowest BCUT2D eigenvalue weighted by atomic mass is 10.1. The first-order valence-corrected chi connectivity index (χ1v) is 8.65. The predicted molar refractivity (Wildman–Crippen MR) is 99.5 cm³/mol. The van der Waals surface area contributed by atoms with Crippen molar-refractivity contribution in [2.75, 3.05) is 7.11 Å². The molecule has 0 saturated carbocycles. The van der Waals surface area contributed by atoms with Crippen LogP contribution in [-0.4, -0.2) is 28.0 Å². The highest BCUT2D eigenvalue weighted by molar-refractivity contribution is 5.83. The minimum Gasteiger partial charge on any atom is -0.480 e. The van der Waals surface area contributed by atoms with Gasteiger partial charge in [0.15, 0.2) is 0 Å². The molecule has 0 aliphatic carbocycles. The van der Waals surface area contributed by atoms with Crippen LogP contribution in [0, 0.1) is 5.92 Å². The van der Waals surface area contributed by atoms with Crippen molar-refractivity contribution in [3.8, 4) is 11.8 Å². The van der Waals surface area contributed by atoms with Gasteiger partial charge in [-0.25, -0.2) is 9.97 Å². The van der Waals surface area contributed by atoms with Gasteiger partial charge in [-0.2, -0.15) is 0 Å². The van der Waals surface area contributed by atoms with Crippen LogP contribution in [0.1, 0.15) is 37.7 Å². The Labute approximate surface area is 152 Å². The molecule has 3 aromatic rings. The Balaban J connectivity index is 2.03. The van der Waals surface area contributed by atoms with Crippen molar-refractivity contribution < 1.29 is 14.3 Å². The van der Waals surface area contributed by atoms with Gasteiger partial charge in [0.05, 0.1) is 7.11 Å². The fraction of sp³-hybridized carbons (Fsp3) is 0.350. The number of methoxy groups -OCH3 is 1. The van der Waals surface area contributed by atoms with E-state index >= 15 is 0 Å². The first-order chi connectivity index (χ1) is 12.5. The minimum absolute atomic E-state index is 0.266. The molecule has 6 heteroatoms. The molecule has 0 bridgehead atoms. The summed E-state index contributed by atoms with van der Waals surface area (Å²) in [6.07, 6.45) is 3.13. The minimum atomic E-state index is -0.410. The van der Waals surface area contributed by atoms with E-state index < -0.39 is 5.97 Å². The van der Waals surface area contributed by atoms with Crippen molar-refractivity contribution in [1.29, 1.82) is 0 Å². The summed E-state index contributed by atoms with van der Waals surface area (Å²) in [5, 5.41) is 1.12. The lowest BCUT2D eigenvalue weighted by Crippen LogP contribution is -2.12. The standard InChI is InChI=1S/C20H23N3O3/c1-12(2)9-17-20(26-13(3)24)23-18(19(22-17)25-4)10-14-11-21-16-8-6-5-7-15(14)16/h5-8,11-12,21H,9-10H2,1-4H3. The SMILES string of the molecule is COc1nc(CC(C)C)c(OC(C)=O)nc1Cc1c[nH]c2ccccc12. The molecular weight excluding hydrogens is 330 g/mol. The van der Waals surface area contributed by atoms with Crippen LogP contribution in [0.3, 0.4) is 0 Å². The summed E-state index contributed by atoms with van der Waals surface area (Å²) in [4.78, 5) is 23.9. The first-order valence-electron chi connectivity index (χ1n) is 8.65. The van der Waals surface area contributed by atoms with Gasteiger partial charge < -0.3 is 14.5 Å². The van der Waals surface area contributed by atoms with Gasteiger partial charge in [0.2, 0.25) is 11.8 Å². The van der Waals surface area contributed by atoms with Crippen LogP contribution in [0.4, 0.5) is 0 Å². The molecule has 1 aromatic carbocycles. The average Bonchev–Trinajstić information content (AvgIpc) is 2.99. The van der Waals surface area contributed by atoms with Crippen molar-refractivity contribution >= 4 is 16.9 Å². The molecule has 3 rings (SSSR count). The molecule has 0 fully saturated rings. The topological polar surface area (TPSA) is 77.1 Å². The summed E-state index contributed by atoms with van der Waals surface area (Å²) in [6, 6.07) is 8.07. The second-order valence-corrected chi connectivity index (χ2v) is 6.66. The molecule has 6 nitrogen and oxygen atoms in total. The molecule has 0 aliphatic heterocycles. The van der Waals surface area contributed by atoms with E-state index in [2.05, 4.69) is 34.9 Å². The molecule has 0 atom stereocenters. The number of aromatic nitrogens is 3. The molecule has 0 unspecified atom stereocenters. The number of H-pyrrole nitrogens is 1. The van der Waals surface area contributed by atoms with E-state index in [1.807, 2.05) is 24.4 Å². The third-order valence-corrected chi connectivity index (χ3v) is 4.03. The van der Waals surface area contributed by atoms with E-state index in [9.17, 15) is 4.79 Å². The fourth-order valence-electron chi connectivity index (χ4n) is 2.94.